The second kappa shape index (κ2) is 11.7. The van der Waals surface area contributed by atoms with Crippen molar-refractivity contribution in [2.75, 3.05) is 34.0 Å². The number of ether oxygens (including phenoxy) is 4. The van der Waals surface area contributed by atoms with Gasteiger partial charge in [-0.3, -0.25) is 9.59 Å². The van der Waals surface area contributed by atoms with Gasteiger partial charge in [-0.25, -0.2) is 0 Å². The van der Waals surface area contributed by atoms with Crippen molar-refractivity contribution in [2.24, 2.45) is 0 Å². The fourth-order valence-corrected chi connectivity index (χ4v) is 4.86. The van der Waals surface area contributed by atoms with Crippen molar-refractivity contribution in [3.63, 3.8) is 0 Å². The van der Waals surface area contributed by atoms with Gasteiger partial charge in [-0.1, -0.05) is 19.4 Å². The predicted octanol–water partition coefficient (Wildman–Crippen LogP) is 4.66. The molecule has 2 atom stereocenters. The molecule has 1 fully saturated rings. The Bertz CT molecular complexity index is 1190. The number of unbranched alkanes of at least 4 members (excludes halogenated alkanes) is 1. The summed E-state index contributed by atoms with van der Waals surface area (Å²) < 4.78 is 22.4. The highest BCUT2D eigenvalue weighted by Gasteiger charge is 2.46. The third-order valence-electron chi connectivity index (χ3n) is 6.72. The molecule has 198 valence electrons. The number of hydrogen-bond donors (Lipinski definition) is 1. The minimum absolute atomic E-state index is 0.0456. The topological polar surface area (TPSA) is 94.5 Å². The molecule has 0 aliphatic carbocycles. The molecule has 8 nitrogen and oxygen atoms in total. The van der Waals surface area contributed by atoms with E-state index in [2.05, 4.69) is 6.92 Å². The fraction of sp³-hybridized carbons (Fsp3) is 0.448. The molecule has 1 saturated heterocycles. The summed E-state index contributed by atoms with van der Waals surface area (Å²) in [6, 6.07) is 9.93. The van der Waals surface area contributed by atoms with Crippen molar-refractivity contribution in [1.29, 1.82) is 0 Å². The van der Waals surface area contributed by atoms with Gasteiger partial charge in [0.05, 0.1) is 25.3 Å². The number of fused-ring (bicyclic) bond motifs is 1. The van der Waals surface area contributed by atoms with Crippen LogP contribution in [0.4, 0.5) is 0 Å². The first-order valence-electron chi connectivity index (χ1n) is 12.8. The van der Waals surface area contributed by atoms with E-state index in [4.69, 9.17) is 18.9 Å². The number of methoxy groups -OCH3 is 2. The van der Waals surface area contributed by atoms with Gasteiger partial charge >= 0.3 is 0 Å². The van der Waals surface area contributed by atoms with E-state index in [1.807, 2.05) is 19.1 Å². The number of carbonyl (C=O) groups is 2. The molecular weight excluding hydrogens is 474 g/mol. The lowest BCUT2D eigenvalue weighted by Gasteiger charge is -2.26. The van der Waals surface area contributed by atoms with Crippen LogP contribution in [0.15, 0.2) is 42.0 Å². The Labute approximate surface area is 217 Å². The lowest BCUT2D eigenvalue weighted by Crippen LogP contribution is -2.31. The first kappa shape index (κ1) is 26.5. The summed E-state index contributed by atoms with van der Waals surface area (Å²) in [5.41, 5.74) is 2.13. The Morgan fingerprint density at radius 1 is 1.08 bits per heavy atom. The van der Waals surface area contributed by atoms with E-state index in [0.717, 1.165) is 24.2 Å². The van der Waals surface area contributed by atoms with E-state index in [1.165, 1.54) is 4.90 Å². The van der Waals surface area contributed by atoms with Crippen LogP contribution in [0.25, 0.3) is 5.76 Å². The molecule has 2 aromatic carbocycles. The van der Waals surface area contributed by atoms with Gasteiger partial charge in [0.15, 0.2) is 11.5 Å². The SMILES string of the molecule is CCCCOc1ccc([C@H]2C(=C(O)c3ccc4c(c3)C[C@H](C)O4)C(=O)C(=O)N2CCCOC)cc1OC. The molecule has 0 saturated carbocycles. The molecule has 2 aliphatic heterocycles. The highest BCUT2D eigenvalue weighted by Crippen LogP contribution is 2.42. The third kappa shape index (κ3) is 5.44. The number of carbonyl (C=O) groups excluding carboxylic acids is 2. The smallest absolute Gasteiger partial charge is 0.295 e. The Morgan fingerprint density at radius 3 is 2.62 bits per heavy atom. The number of benzene rings is 2. The minimum Gasteiger partial charge on any atom is -0.507 e. The van der Waals surface area contributed by atoms with Gasteiger partial charge in [-0.05, 0) is 61.2 Å². The van der Waals surface area contributed by atoms with Crippen molar-refractivity contribution in [2.45, 2.75) is 51.7 Å². The van der Waals surface area contributed by atoms with Gasteiger partial charge in [0.2, 0.25) is 0 Å². The van der Waals surface area contributed by atoms with Gasteiger partial charge in [0.1, 0.15) is 17.6 Å². The molecule has 2 aliphatic rings. The quantitative estimate of drug-likeness (QED) is 0.204. The number of likely N-dealkylation sites (tertiary alicyclic amines) is 1. The predicted molar refractivity (Wildman–Crippen MR) is 139 cm³/mol. The van der Waals surface area contributed by atoms with Gasteiger partial charge < -0.3 is 29.0 Å². The lowest BCUT2D eigenvalue weighted by atomic mass is 9.94. The molecule has 0 unspecified atom stereocenters. The van der Waals surface area contributed by atoms with Crippen LogP contribution in [0, 0.1) is 0 Å². The lowest BCUT2D eigenvalue weighted by molar-refractivity contribution is -0.140. The zero-order chi connectivity index (χ0) is 26.5. The van der Waals surface area contributed by atoms with Crippen LogP contribution >= 0.6 is 0 Å². The zero-order valence-corrected chi connectivity index (χ0v) is 21.9. The number of hydrogen-bond acceptors (Lipinski definition) is 7. The molecule has 1 N–H and O–H groups in total. The maximum Gasteiger partial charge on any atom is 0.295 e. The van der Waals surface area contributed by atoms with Crippen LogP contribution in [-0.2, 0) is 20.7 Å². The number of rotatable bonds is 11. The standard InChI is InChI=1S/C29H35NO7/c1-5-6-14-36-23-11-8-19(17-24(23)35-4)26-25(28(32)29(33)30(26)12-7-13-34-3)27(31)20-9-10-22-21(16-20)15-18(2)37-22/h8-11,16-18,26,31H,5-7,12-15H2,1-4H3/t18-,26-/m0/s1. The fourth-order valence-electron chi connectivity index (χ4n) is 4.86. The van der Waals surface area contributed by atoms with Crippen molar-refractivity contribution >= 4 is 17.4 Å². The zero-order valence-electron chi connectivity index (χ0n) is 21.9. The van der Waals surface area contributed by atoms with Crippen molar-refractivity contribution in [1.82, 2.24) is 4.90 Å². The van der Waals surface area contributed by atoms with Crippen LogP contribution in [0.3, 0.4) is 0 Å². The van der Waals surface area contributed by atoms with Crippen molar-refractivity contribution in [3.8, 4) is 17.2 Å². The van der Waals surface area contributed by atoms with Crippen LogP contribution < -0.4 is 14.2 Å². The second-order valence-corrected chi connectivity index (χ2v) is 9.41. The molecule has 0 radical (unpaired) electrons. The highest BCUT2D eigenvalue weighted by atomic mass is 16.5. The van der Waals surface area contributed by atoms with E-state index in [-0.39, 0.29) is 17.4 Å². The summed E-state index contributed by atoms with van der Waals surface area (Å²) in [7, 11) is 3.14. The van der Waals surface area contributed by atoms with E-state index in [0.29, 0.717) is 55.2 Å². The summed E-state index contributed by atoms with van der Waals surface area (Å²) in [5.74, 6) is 0.282. The van der Waals surface area contributed by atoms with Crippen LogP contribution in [0.5, 0.6) is 17.2 Å². The summed E-state index contributed by atoms with van der Waals surface area (Å²) >= 11 is 0. The highest BCUT2D eigenvalue weighted by molar-refractivity contribution is 6.46. The first-order chi connectivity index (χ1) is 17.9. The number of nitrogens with zero attached hydrogens (tertiary/aromatic N) is 1. The third-order valence-corrected chi connectivity index (χ3v) is 6.72. The van der Waals surface area contributed by atoms with Crippen LogP contribution in [0.1, 0.15) is 55.8 Å². The second-order valence-electron chi connectivity index (χ2n) is 9.41. The summed E-state index contributed by atoms with van der Waals surface area (Å²) in [5, 5.41) is 11.4. The first-order valence-corrected chi connectivity index (χ1v) is 12.8. The average Bonchev–Trinajstić information content (AvgIpc) is 3.39. The number of ketones is 1. The molecular formula is C29H35NO7. The van der Waals surface area contributed by atoms with Crippen LogP contribution in [-0.4, -0.2) is 61.8 Å². The molecule has 8 heteroatoms. The molecule has 0 aromatic heterocycles. The number of aliphatic hydroxyl groups is 1. The monoisotopic (exact) mass is 509 g/mol. The summed E-state index contributed by atoms with van der Waals surface area (Å²) in [4.78, 5) is 28.0. The minimum atomic E-state index is -0.779. The van der Waals surface area contributed by atoms with E-state index in [1.54, 1.807) is 38.5 Å². The molecule has 0 bridgehead atoms. The van der Waals surface area contributed by atoms with Gasteiger partial charge in [0.25, 0.3) is 11.7 Å². The maximum absolute atomic E-state index is 13.3. The average molecular weight is 510 g/mol. The van der Waals surface area contributed by atoms with Gasteiger partial charge in [0, 0.05) is 32.2 Å². The summed E-state index contributed by atoms with van der Waals surface area (Å²) in [6.45, 7) is 5.36. The van der Waals surface area contributed by atoms with Crippen molar-refractivity contribution < 1.29 is 33.6 Å². The number of amides is 1. The molecule has 2 heterocycles. The van der Waals surface area contributed by atoms with Crippen LogP contribution in [0.2, 0.25) is 0 Å². The largest absolute Gasteiger partial charge is 0.507 e. The normalized spacial score (nSPS) is 20.2. The molecule has 4 rings (SSSR count). The number of aliphatic hydroxyl groups excluding tert-OH is 1. The summed E-state index contributed by atoms with van der Waals surface area (Å²) in [6.07, 6.45) is 3.22. The van der Waals surface area contributed by atoms with E-state index in [9.17, 15) is 14.7 Å². The van der Waals surface area contributed by atoms with E-state index >= 15 is 0 Å². The Hall–Kier alpha value is -3.52. The molecule has 1 amide bonds. The molecule has 0 spiro atoms. The van der Waals surface area contributed by atoms with Gasteiger partial charge in [-0.2, -0.15) is 0 Å². The Balaban J connectivity index is 1.78. The Morgan fingerprint density at radius 2 is 1.89 bits per heavy atom. The Kier molecular flexibility index (Phi) is 8.38. The van der Waals surface area contributed by atoms with Crippen molar-refractivity contribution in [3.05, 3.63) is 58.7 Å². The maximum atomic E-state index is 13.3. The van der Waals surface area contributed by atoms with E-state index < -0.39 is 17.7 Å². The molecule has 37 heavy (non-hydrogen) atoms. The molecule has 2 aromatic rings. The van der Waals surface area contributed by atoms with Gasteiger partial charge in [-0.15, -0.1) is 0 Å². The number of Topliss-reactive ketones (excluding diaryl/α,β-unsaturated/α-hetero) is 1.